The van der Waals surface area contributed by atoms with Gasteiger partial charge in [0.1, 0.15) is 0 Å². The lowest BCUT2D eigenvalue weighted by atomic mass is 9.99. The number of para-hydroxylation sites is 1. The normalized spacial score (nSPS) is 15.6. The van der Waals surface area contributed by atoms with Gasteiger partial charge in [-0.3, -0.25) is 0 Å². The number of guanidine groups is 1. The molecule has 0 radical (unpaired) electrons. The number of halogens is 1. The fraction of sp³-hybridized carbons (Fsp3) is 0.667. The minimum Gasteiger partial charge on any atom is -0.493 e. The number of likely N-dealkylation sites (tertiary alicyclic amines) is 1. The minimum absolute atomic E-state index is 0. The van der Waals surface area contributed by atoms with Crippen molar-refractivity contribution in [3.63, 3.8) is 0 Å². The number of rotatable bonds is 9. The molecule has 1 heterocycles. The Balaban J connectivity index is 0.00000392. The fourth-order valence-electron chi connectivity index (χ4n) is 3.38. The van der Waals surface area contributed by atoms with Gasteiger partial charge in [0.05, 0.1) is 20.8 Å². The zero-order valence-electron chi connectivity index (χ0n) is 17.8. The van der Waals surface area contributed by atoms with Gasteiger partial charge in [-0.25, -0.2) is 4.99 Å². The second-order valence-electron chi connectivity index (χ2n) is 7.15. The maximum absolute atomic E-state index is 5.49. The van der Waals surface area contributed by atoms with Crippen molar-refractivity contribution < 1.29 is 9.47 Å². The van der Waals surface area contributed by atoms with Gasteiger partial charge in [-0.15, -0.1) is 24.0 Å². The summed E-state index contributed by atoms with van der Waals surface area (Å²) in [5, 5.41) is 6.76. The molecule has 1 aliphatic heterocycles. The molecule has 0 spiro atoms. The molecule has 2 N–H and O–H groups in total. The van der Waals surface area contributed by atoms with E-state index < -0.39 is 0 Å². The first-order valence-corrected chi connectivity index (χ1v) is 10.1. The van der Waals surface area contributed by atoms with Crippen LogP contribution in [0.4, 0.5) is 0 Å². The SMILES string of the molecule is CCNC(=NCc1cccc(OC)c1OC)NCCCN1CCC(C)CC1.I. The molecule has 1 aliphatic rings. The van der Waals surface area contributed by atoms with Gasteiger partial charge in [0.2, 0.25) is 0 Å². The lowest BCUT2D eigenvalue weighted by Crippen LogP contribution is -2.39. The van der Waals surface area contributed by atoms with Crippen LogP contribution in [0.1, 0.15) is 38.7 Å². The molecule has 1 aromatic carbocycles. The van der Waals surface area contributed by atoms with E-state index in [-0.39, 0.29) is 24.0 Å². The van der Waals surface area contributed by atoms with Gasteiger partial charge in [0.25, 0.3) is 0 Å². The number of aliphatic imine (C=N–C) groups is 1. The third-order valence-electron chi connectivity index (χ3n) is 5.06. The molecule has 0 unspecified atom stereocenters. The highest BCUT2D eigenvalue weighted by molar-refractivity contribution is 14.0. The summed E-state index contributed by atoms with van der Waals surface area (Å²) in [4.78, 5) is 7.28. The largest absolute Gasteiger partial charge is 0.493 e. The van der Waals surface area contributed by atoms with E-state index in [4.69, 9.17) is 14.5 Å². The molecule has 7 heteroatoms. The molecule has 2 rings (SSSR count). The summed E-state index contributed by atoms with van der Waals surface area (Å²) in [6.07, 6.45) is 3.79. The molecule has 6 nitrogen and oxygen atoms in total. The Bertz CT molecular complexity index is 590. The molecule has 160 valence electrons. The molecule has 1 aromatic rings. The molecule has 0 aromatic heterocycles. The van der Waals surface area contributed by atoms with Crippen molar-refractivity contribution in [2.24, 2.45) is 10.9 Å². The summed E-state index contributed by atoms with van der Waals surface area (Å²) in [5.41, 5.74) is 1.01. The van der Waals surface area contributed by atoms with E-state index in [9.17, 15) is 0 Å². The van der Waals surface area contributed by atoms with E-state index in [0.29, 0.717) is 6.54 Å². The average molecular weight is 504 g/mol. The van der Waals surface area contributed by atoms with E-state index in [0.717, 1.165) is 55.0 Å². The summed E-state index contributed by atoms with van der Waals surface area (Å²) in [7, 11) is 3.31. The Kier molecular flexibility index (Phi) is 12.3. The topological polar surface area (TPSA) is 58.1 Å². The number of hydrogen-bond donors (Lipinski definition) is 2. The van der Waals surface area contributed by atoms with Crippen molar-refractivity contribution in [1.29, 1.82) is 0 Å². The van der Waals surface area contributed by atoms with Gasteiger partial charge >= 0.3 is 0 Å². The number of methoxy groups -OCH3 is 2. The Morgan fingerprint density at radius 2 is 1.93 bits per heavy atom. The van der Waals surface area contributed by atoms with Gasteiger partial charge in [-0.1, -0.05) is 19.1 Å². The van der Waals surface area contributed by atoms with E-state index >= 15 is 0 Å². The Morgan fingerprint density at radius 3 is 2.57 bits per heavy atom. The molecule has 28 heavy (non-hydrogen) atoms. The van der Waals surface area contributed by atoms with E-state index in [1.165, 1.54) is 25.9 Å². The minimum atomic E-state index is 0. The molecular weight excluding hydrogens is 467 g/mol. The summed E-state index contributed by atoms with van der Waals surface area (Å²) in [5.74, 6) is 3.22. The number of nitrogens with one attached hydrogen (secondary N) is 2. The van der Waals surface area contributed by atoms with Crippen LogP contribution >= 0.6 is 24.0 Å². The zero-order valence-corrected chi connectivity index (χ0v) is 20.1. The Labute approximate surface area is 187 Å². The number of ether oxygens (including phenoxy) is 2. The van der Waals surface area contributed by atoms with E-state index in [1.807, 2.05) is 18.2 Å². The second-order valence-corrected chi connectivity index (χ2v) is 7.15. The molecule has 1 saturated heterocycles. The van der Waals surface area contributed by atoms with Gasteiger partial charge in [-0.05, 0) is 57.8 Å². The van der Waals surface area contributed by atoms with Crippen LogP contribution in [0.25, 0.3) is 0 Å². The molecule has 0 atom stereocenters. The third kappa shape index (κ3) is 8.03. The maximum atomic E-state index is 5.49. The second kappa shape index (κ2) is 13.9. The molecule has 0 amide bonds. The summed E-state index contributed by atoms with van der Waals surface area (Å²) < 4.78 is 10.9. The molecule has 1 fully saturated rings. The van der Waals surface area contributed by atoms with Crippen LogP contribution in [0.2, 0.25) is 0 Å². The molecular formula is C21H37IN4O2. The highest BCUT2D eigenvalue weighted by atomic mass is 127. The third-order valence-corrected chi connectivity index (χ3v) is 5.06. The predicted octanol–water partition coefficient (Wildman–Crippen LogP) is 3.50. The lowest BCUT2D eigenvalue weighted by molar-refractivity contribution is 0.191. The van der Waals surface area contributed by atoms with Crippen LogP contribution in [-0.4, -0.2) is 57.8 Å². The summed E-state index contributed by atoms with van der Waals surface area (Å²) in [6, 6.07) is 5.88. The average Bonchev–Trinajstić information content (AvgIpc) is 2.70. The zero-order chi connectivity index (χ0) is 19.5. The van der Waals surface area contributed by atoms with Crippen LogP contribution in [0, 0.1) is 5.92 Å². The number of hydrogen-bond acceptors (Lipinski definition) is 4. The van der Waals surface area contributed by atoms with Crippen LogP contribution in [0.5, 0.6) is 11.5 Å². The van der Waals surface area contributed by atoms with Crippen LogP contribution in [-0.2, 0) is 6.54 Å². The Hall–Kier alpha value is -1.22. The van der Waals surface area contributed by atoms with Gasteiger partial charge in [0, 0.05) is 18.7 Å². The van der Waals surface area contributed by atoms with Crippen molar-refractivity contribution in [3.05, 3.63) is 23.8 Å². The molecule has 0 saturated carbocycles. The predicted molar refractivity (Wildman–Crippen MR) is 127 cm³/mol. The highest BCUT2D eigenvalue weighted by Crippen LogP contribution is 2.31. The number of benzene rings is 1. The first-order valence-electron chi connectivity index (χ1n) is 10.1. The van der Waals surface area contributed by atoms with Crippen molar-refractivity contribution >= 4 is 29.9 Å². The maximum Gasteiger partial charge on any atom is 0.191 e. The standard InChI is InChI=1S/C21H36N4O2.HI/c1-5-22-21(23-12-7-13-25-14-10-17(2)11-15-25)24-16-18-8-6-9-19(26-3)20(18)27-4;/h6,8-9,17H,5,7,10-16H2,1-4H3,(H2,22,23,24);1H. The van der Waals surface area contributed by atoms with E-state index in [2.05, 4.69) is 29.4 Å². The smallest absolute Gasteiger partial charge is 0.191 e. The number of nitrogens with zero attached hydrogens (tertiary/aromatic N) is 2. The summed E-state index contributed by atoms with van der Waals surface area (Å²) >= 11 is 0. The van der Waals surface area contributed by atoms with Gasteiger partial charge in [-0.2, -0.15) is 0 Å². The van der Waals surface area contributed by atoms with E-state index in [1.54, 1.807) is 14.2 Å². The molecule has 0 aliphatic carbocycles. The lowest BCUT2D eigenvalue weighted by Gasteiger charge is -2.30. The van der Waals surface area contributed by atoms with Crippen LogP contribution in [0.15, 0.2) is 23.2 Å². The van der Waals surface area contributed by atoms with Gasteiger partial charge < -0.3 is 25.0 Å². The summed E-state index contributed by atoms with van der Waals surface area (Å²) in [6.45, 7) is 10.4. The number of piperidine rings is 1. The van der Waals surface area contributed by atoms with Crippen LogP contribution in [0.3, 0.4) is 0 Å². The van der Waals surface area contributed by atoms with Crippen molar-refractivity contribution in [1.82, 2.24) is 15.5 Å². The first-order chi connectivity index (χ1) is 13.2. The monoisotopic (exact) mass is 504 g/mol. The first kappa shape index (κ1) is 24.8. The van der Waals surface area contributed by atoms with Crippen LogP contribution < -0.4 is 20.1 Å². The van der Waals surface area contributed by atoms with Crippen molar-refractivity contribution in [2.75, 3.05) is 46.9 Å². The quantitative estimate of drug-likeness (QED) is 0.234. The Morgan fingerprint density at radius 1 is 1.18 bits per heavy atom. The van der Waals surface area contributed by atoms with Crippen molar-refractivity contribution in [3.8, 4) is 11.5 Å². The highest BCUT2D eigenvalue weighted by Gasteiger charge is 2.14. The fourth-order valence-corrected chi connectivity index (χ4v) is 3.38. The van der Waals surface area contributed by atoms with Crippen molar-refractivity contribution in [2.45, 2.75) is 39.7 Å². The molecule has 0 bridgehead atoms. The van der Waals surface area contributed by atoms with Gasteiger partial charge in [0.15, 0.2) is 17.5 Å².